The summed E-state index contributed by atoms with van der Waals surface area (Å²) >= 11 is 0. The van der Waals surface area contributed by atoms with Crippen molar-refractivity contribution in [2.75, 3.05) is 6.61 Å². The Morgan fingerprint density at radius 2 is 2.07 bits per heavy atom. The van der Waals surface area contributed by atoms with E-state index in [0.29, 0.717) is 0 Å². The highest BCUT2D eigenvalue weighted by molar-refractivity contribution is 5.36. The maximum absolute atomic E-state index is 9.51. The minimum Gasteiger partial charge on any atom is -0.395 e. The number of aryl methyl sites for hydroxylation is 1. The second kappa shape index (κ2) is 2.80. The first-order valence-corrected chi connectivity index (χ1v) is 5.05. The SMILES string of the molecule is Cc1cncc(C2(CO)CC2(C)C)c1. The molecule has 0 amide bonds. The molecule has 0 bridgehead atoms. The fraction of sp³-hybridized carbons (Fsp3) is 0.583. The summed E-state index contributed by atoms with van der Waals surface area (Å²) in [5.74, 6) is 0. The lowest BCUT2D eigenvalue weighted by atomic mass is 9.89. The van der Waals surface area contributed by atoms with Crippen molar-refractivity contribution in [3.63, 3.8) is 0 Å². The standard InChI is InChI=1S/C12H17NO/c1-9-4-10(6-13-5-9)12(8-14)7-11(12,2)3/h4-6,14H,7-8H2,1-3H3. The zero-order chi connectivity index (χ0) is 10.4. The van der Waals surface area contributed by atoms with E-state index in [1.807, 2.05) is 19.3 Å². The van der Waals surface area contributed by atoms with Crippen LogP contribution in [-0.4, -0.2) is 16.7 Å². The summed E-state index contributed by atoms with van der Waals surface area (Å²) in [4.78, 5) is 4.19. The van der Waals surface area contributed by atoms with Crippen LogP contribution in [0.4, 0.5) is 0 Å². The Hall–Kier alpha value is -0.890. The quantitative estimate of drug-likeness (QED) is 0.776. The fourth-order valence-corrected chi connectivity index (χ4v) is 2.38. The van der Waals surface area contributed by atoms with Gasteiger partial charge in [-0.2, -0.15) is 0 Å². The molecule has 1 aliphatic carbocycles. The molecule has 1 aromatic rings. The topological polar surface area (TPSA) is 33.1 Å². The third-order valence-corrected chi connectivity index (χ3v) is 3.61. The zero-order valence-electron chi connectivity index (χ0n) is 9.04. The molecule has 76 valence electrons. The van der Waals surface area contributed by atoms with Crippen molar-refractivity contribution in [3.8, 4) is 0 Å². The van der Waals surface area contributed by atoms with Crippen molar-refractivity contribution in [2.45, 2.75) is 32.6 Å². The second-order valence-corrected chi connectivity index (χ2v) is 5.05. The molecular formula is C12H17NO. The van der Waals surface area contributed by atoms with Crippen molar-refractivity contribution >= 4 is 0 Å². The maximum Gasteiger partial charge on any atom is 0.0533 e. The second-order valence-electron chi connectivity index (χ2n) is 5.05. The highest BCUT2D eigenvalue weighted by Crippen LogP contribution is 2.63. The zero-order valence-corrected chi connectivity index (χ0v) is 9.04. The van der Waals surface area contributed by atoms with E-state index in [1.54, 1.807) is 0 Å². The first-order valence-electron chi connectivity index (χ1n) is 5.05. The molecule has 1 aromatic heterocycles. The van der Waals surface area contributed by atoms with Gasteiger partial charge in [-0.05, 0) is 29.9 Å². The van der Waals surface area contributed by atoms with Crippen LogP contribution in [0.5, 0.6) is 0 Å². The van der Waals surface area contributed by atoms with E-state index < -0.39 is 0 Å². The van der Waals surface area contributed by atoms with Gasteiger partial charge in [-0.3, -0.25) is 4.98 Å². The Bertz CT molecular complexity index is 359. The molecule has 0 aliphatic heterocycles. The highest BCUT2D eigenvalue weighted by Gasteiger charge is 2.61. The molecule has 1 heterocycles. The lowest BCUT2D eigenvalue weighted by Gasteiger charge is -2.18. The van der Waals surface area contributed by atoms with Crippen LogP contribution < -0.4 is 0 Å². The molecule has 0 saturated heterocycles. The van der Waals surface area contributed by atoms with E-state index in [1.165, 1.54) is 5.56 Å². The predicted molar refractivity (Wildman–Crippen MR) is 56.1 cm³/mol. The van der Waals surface area contributed by atoms with E-state index >= 15 is 0 Å². The summed E-state index contributed by atoms with van der Waals surface area (Å²) in [5, 5.41) is 9.51. The van der Waals surface area contributed by atoms with Crippen molar-refractivity contribution in [3.05, 3.63) is 29.6 Å². The first-order chi connectivity index (χ1) is 6.52. The van der Waals surface area contributed by atoms with Crippen LogP contribution in [0.15, 0.2) is 18.5 Å². The van der Waals surface area contributed by atoms with Crippen LogP contribution in [0.2, 0.25) is 0 Å². The lowest BCUT2D eigenvalue weighted by Crippen LogP contribution is -2.19. The van der Waals surface area contributed by atoms with Crippen LogP contribution in [0.25, 0.3) is 0 Å². The fourth-order valence-electron chi connectivity index (χ4n) is 2.38. The Balaban J connectivity index is 2.40. The van der Waals surface area contributed by atoms with Gasteiger partial charge in [-0.15, -0.1) is 0 Å². The number of aliphatic hydroxyl groups is 1. The molecule has 1 atom stereocenters. The predicted octanol–water partition coefficient (Wildman–Crippen LogP) is 2.05. The number of aliphatic hydroxyl groups excluding tert-OH is 1. The molecule has 1 saturated carbocycles. The summed E-state index contributed by atoms with van der Waals surface area (Å²) in [5.41, 5.74) is 2.53. The third-order valence-electron chi connectivity index (χ3n) is 3.61. The van der Waals surface area contributed by atoms with Gasteiger partial charge in [0.05, 0.1) is 6.61 Å². The summed E-state index contributed by atoms with van der Waals surface area (Å²) < 4.78 is 0. The van der Waals surface area contributed by atoms with Gasteiger partial charge < -0.3 is 5.11 Å². The van der Waals surface area contributed by atoms with Crippen LogP contribution in [0.3, 0.4) is 0 Å². The summed E-state index contributed by atoms with van der Waals surface area (Å²) in [6, 6.07) is 2.14. The molecule has 2 heteroatoms. The Labute approximate surface area is 85.0 Å². The lowest BCUT2D eigenvalue weighted by molar-refractivity contribution is 0.231. The average molecular weight is 191 g/mol. The van der Waals surface area contributed by atoms with E-state index in [-0.39, 0.29) is 17.4 Å². The van der Waals surface area contributed by atoms with Crippen LogP contribution in [-0.2, 0) is 5.41 Å². The number of hydrogen-bond donors (Lipinski definition) is 1. The van der Waals surface area contributed by atoms with Crippen molar-refractivity contribution < 1.29 is 5.11 Å². The first kappa shape index (κ1) is 9.66. The van der Waals surface area contributed by atoms with Gasteiger partial charge in [0.25, 0.3) is 0 Å². The Morgan fingerprint density at radius 3 is 2.50 bits per heavy atom. The van der Waals surface area contributed by atoms with Gasteiger partial charge in [0.2, 0.25) is 0 Å². The molecule has 2 rings (SSSR count). The van der Waals surface area contributed by atoms with Gasteiger partial charge in [0.1, 0.15) is 0 Å². The summed E-state index contributed by atoms with van der Waals surface area (Å²) in [7, 11) is 0. The number of aromatic nitrogens is 1. The normalized spacial score (nSPS) is 28.9. The molecule has 1 fully saturated rings. The van der Waals surface area contributed by atoms with E-state index in [2.05, 4.69) is 24.9 Å². The van der Waals surface area contributed by atoms with Gasteiger partial charge >= 0.3 is 0 Å². The molecule has 1 aliphatic rings. The van der Waals surface area contributed by atoms with Gasteiger partial charge in [-0.1, -0.05) is 19.9 Å². The molecule has 0 radical (unpaired) electrons. The molecule has 0 aromatic carbocycles. The highest BCUT2D eigenvalue weighted by atomic mass is 16.3. The van der Waals surface area contributed by atoms with Crippen molar-refractivity contribution in [2.24, 2.45) is 5.41 Å². The molecule has 0 spiro atoms. The summed E-state index contributed by atoms with van der Waals surface area (Å²) in [6.45, 7) is 6.67. The molecule has 2 nitrogen and oxygen atoms in total. The van der Waals surface area contributed by atoms with Crippen LogP contribution in [0.1, 0.15) is 31.4 Å². The van der Waals surface area contributed by atoms with Gasteiger partial charge in [-0.25, -0.2) is 0 Å². The maximum atomic E-state index is 9.51. The number of pyridine rings is 1. The number of rotatable bonds is 2. The Morgan fingerprint density at radius 1 is 1.43 bits per heavy atom. The van der Waals surface area contributed by atoms with Crippen molar-refractivity contribution in [1.29, 1.82) is 0 Å². The number of hydrogen-bond acceptors (Lipinski definition) is 2. The number of nitrogens with zero attached hydrogens (tertiary/aromatic N) is 1. The van der Waals surface area contributed by atoms with Crippen LogP contribution in [0, 0.1) is 12.3 Å². The van der Waals surface area contributed by atoms with E-state index in [9.17, 15) is 5.11 Å². The van der Waals surface area contributed by atoms with Gasteiger partial charge in [0, 0.05) is 17.8 Å². The Kier molecular flexibility index (Phi) is 1.93. The van der Waals surface area contributed by atoms with E-state index in [4.69, 9.17) is 0 Å². The molecule has 1 unspecified atom stereocenters. The largest absolute Gasteiger partial charge is 0.395 e. The minimum absolute atomic E-state index is 0.0357. The van der Waals surface area contributed by atoms with Crippen LogP contribution >= 0.6 is 0 Å². The van der Waals surface area contributed by atoms with E-state index in [0.717, 1.165) is 12.0 Å². The smallest absolute Gasteiger partial charge is 0.0533 e. The third kappa shape index (κ3) is 1.17. The van der Waals surface area contributed by atoms with Crippen molar-refractivity contribution in [1.82, 2.24) is 4.98 Å². The summed E-state index contributed by atoms with van der Waals surface area (Å²) in [6.07, 6.45) is 4.80. The molecule has 14 heavy (non-hydrogen) atoms. The average Bonchev–Trinajstić information content (AvgIpc) is 2.70. The minimum atomic E-state index is -0.0357. The molecule has 1 N–H and O–H groups in total. The van der Waals surface area contributed by atoms with Gasteiger partial charge in [0.15, 0.2) is 0 Å². The molecular weight excluding hydrogens is 174 g/mol. The monoisotopic (exact) mass is 191 g/mol.